The van der Waals surface area contributed by atoms with Crippen molar-refractivity contribution < 1.29 is 0 Å². The minimum Gasteiger partial charge on any atom is -0.307 e. The number of hydrogen-bond acceptors (Lipinski definition) is 5. The molecule has 0 saturated carbocycles. The van der Waals surface area contributed by atoms with Crippen LogP contribution in [0.25, 0.3) is 22.4 Å². The summed E-state index contributed by atoms with van der Waals surface area (Å²) < 4.78 is 0. The fourth-order valence-electron chi connectivity index (χ4n) is 16.9. The maximum atomic E-state index is 10.8. The minimum absolute atomic E-state index is 0.555. The molecule has 3 aliphatic heterocycles. The molecule has 460 valence electrons. The number of nitrogens with zero attached hydrogens (tertiary/aromatic N) is 5. The van der Waals surface area contributed by atoms with E-state index in [1.807, 2.05) is 12.1 Å². The first kappa shape index (κ1) is 57.8. The van der Waals surface area contributed by atoms with E-state index in [1.54, 1.807) is 0 Å². The molecular formula is C93H63N5. The highest BCUT2D eigenvalue weighted by Crippen LogP contribution is 2.67. The predicted octanol–water partition coefficient (Wildman–Crippen LogP) is 22.8. The number of aromatic nitrogens is 1. The highest BCUT2D eigenvalue weighted by atomic mass is 15.3. The predicted molar refractivity (Wildman–Crippen MR) is 399 cm³/mol. The summed E-state index contributed by atoms with van der Waals surface area (Å²) in [5.74, 6) is 0.708. The molecule has 15 aromatic rings. The molecule has 4 heterocycles. The van der Waals surface area contributed by atoms with Crippen LogP contribution < -0.4 is 14.7 Å². The van der Waals surface area contributed by atoms with Gasteiger partial charge in [0.2, 0.25) is 0 Å². The Morgan fingerprint density at radius 2 is 0.480 bits per heavy atom. The summed E-state index contributed by atoms with van der Waals surface area (Å²) in [6.07, 6.45) is 0. The highest BCUT2D eigenvalue weighted by Gasteiger charge is 2.53. The molecule has 0 spiro atoms. The maximum absolute atomic E-state index is 10.8. The molecule has 0 radical (unpaired) electrons. The van der Waals surface area contributed by atoms with Crippen molar-refractivity contribution in [3.05, 3.63) is 455 Å². The SMILES string of the molecule is N#Cc1ccc(-c2c(N3c4ccccc4C(c4ccccc4)(c4ccccc4)c4ccccc43)c(-c3ccccc3)nc(N3c4ccccc4C(c4ccccc4)(c4ccccc4)c4ccccc43)c2N2c3ccccc3C(c3ccccc3)(c3ccccc3)c3ccccc32)cc1. The van der Waals surface area contributed by atoms with Crippen molar-refractivity contribution in [2.24, 2.45) is 0 Å². The third-order valence-electron chi connectivity index (χ3n) is 20.7. The van der Waals surface area contributed by atoms with Gasteiger partial charge in [-0.1, -0.05) is 334 Å². The second-order valence-electron chi connectivity index (χ2n) is 25.5. The van der Waals surface area contributed by atoms with Gasteiger partial charge in [-0.25, -0.2) is 4.98 Å². The average molecular weight is 1250 g/mol. The van der Waals surface area contributed by atoms with Crippen molar-refractivity contribution in [2.45, 2.75) is 16.2 Å². The van der Waals surface area contributed by atoms with E-state index in [-0.39, 0.29) is 0 Å². The lowest BCUT2D eigenvalue weighted by Crippen LogP contribution is -2.40. The van der Waals surface area contributed by atoms with E-state index >= 15 is 0 Å². The summed E-state index contributed by atoms with van der Waals surface area (Å²) in [6.45, 7) is 0. The van der Waals surface area contributed by atoms with Gasteiger partial charge in [0.15, 0.2) is 5.82 Å². The van der Waals surface area contributed by atoms with E-state index in [0.717, 1.165) is 135 Å². The molecule has 0 fully saturated rings. The number of rotatable bonds is 11. The molecule has 3 aliphatic rings. The van der Waals surface area contributed by atoms with Crippen molar-refractivity contribution in [1.29, 1.82) is 5.26 Å². The minimum atomic E-state index is -0.806. The Morgan fingerprint density at radius 3 is 0.765 bits per heavy atom. The second kappa shape index (κ2) is 23.5. The third-order valence-corrected chi connectivity index (χ3v) is 20.7. The van der Waals surface area contributed by atoms with Gasteiger partial charge in [0.1, 0.15) is 0 Å². The Hall–Kier alpha value is -12.9. The lowest BCUT2D eigenvalue weighted by molar-refractivity contribution is 0.727. The van der Waals surface area contributed by atoms with Crippen LogP contribution >= 0.6 is 0 Å². The Bertz CT molecular complexity index is 5260. The fourth-order valence-corrected chi connectivity index (χ4v) is 16.9. The lowest BCUT2D eigenvalue weighted by atomic mass is 9.62. The van der Waals surface area contributed by atoms with E-state index in [1.165, 1.54) is 0 Å². The van der Waals surface area contributed by atoms with Crippen molar-refractivity contribution in [3.63, 3.8) is 0 Å². The molecule has 0 bridgehead atoms. The number of para-hydroxylation sites is 6. The largest absolute Gasteiger partial charge is 0.307 e. The van der Waals surface area contributed by atoms with Gasteiger partial charge in [0, 0.05) is 11.1 Å². The zero-order valence-electron chi connectivity index (χ0n) is 53.6. The molecular weight excluding hydrogens is 1190 g/mol. The normalized spacial score (nSPS) is 14.1. The van der Waals surface area contributed by atoms with Crippen LogP contribution in [0.4, 0.5) is 51.3 Å². The van der Waals surface area contributed by atoms with Crippen LogP contribution in [0.5, 0.6) is 0 Å². The van der Waals surface area contributed by atoms with Crippen LogP contribution in [0.2, 0.25) is 0 Å². The van der Waals surface area contributed by atoms with Gasteiger partial charge in [-0.05, 0) is 121 Å². The van der Waals surface area contributed by atoms with Gasteiger partial charge in [-0.3, -0.25) is 4.90 Å². The number of fused-ring (bicyclic) bond motifs is 6. The molecule has 98 heavy (non-hydrogen) atoms. The zero-order valence-corrected chi connectivity index (χ0v) is 53.6. The molecule has 0 amide bonds. The summed E-state index contributed by atoms with van der Waals surface area (Å²) in [6, 6.07) is 142. The summed E-state index contributed by atoms with van der Waals surface area (Å²) in [5.41, 5.74) is 22.9. The Kier molecular flexibility index (Phi) is 13.9. The van der Waals surface area contributed by atoms with Gasteiger partial charge < -0.3 is 9.80 Å². The maximum Gasteiger partial charge on any atom is 0.163 e. The number of hydrogen-bond donors (Lipinski definition) is 0. The van der Waals surface area contributed by atoms with Crippen LogP contribution in [-0.4, -0.2) is 4.98 Å². The first-order valence-electron chi connectivity index (χ1n) is 33.6. The van der Waals surface area contributed by atoms with Gasteiger partial charge in [-0.2, -0.15) is 5.26 Å². The van der Waals surface area contributed by atoms with Crippen LogP contribution in [0, 0.1) is 11.3 Å². The van der Waals surface area contributed by atoms with Crippen LogP contribution in [0.3, 0.4) is 0 Å². The van der Waals surface area contributed by atoms with Gasteiger partial charge >= 0.3 is 0 Å². The molecule has 0 atom stereocenters. The highest BCUT2D eigenvalue weighted by molar-refractivity contribution is 6.12. The quantitative estimate of drug-likeness (QED) is 0.129. The molecule has 5 heteroatoms. The van der Waals surface area contributed by atoms with E-state index in [2.05, 4.69) is 391 Å². The van der Waals surface area contributed by atoms with E-state index in [4.69, 9.17) is 4.98 Å². The van der Waals surface area contributed by atoms with Crippen molar-refractivity contribution in [1.82, 2.24) is 4.98 Å². The number of pyridine rings is 1. The number of anilines is 9. The molecule has 0 unspecified atom stereocenters. The van der Waals surface area contributed by atoms with Crippen LogP contribution in [0.1, 0.15) is 72.3 Å². The summed E-state index contributed by atoms with van der Waals surface area (Å²) >= 11 is 0. The van der Waals surface area contributed by atoms with E-state index in [9.17, 15) is 5.26 Å². The van der Waals surface area contributed by atoms with Gasteiger partial charge in [0.05, 0.1) is 79.1 Å². The molecule has 0 N–H and O–H groups in total. The number of nitriles is 1. The molecule has 0 aliphatic carbocycles. The molecule has 0 saturated heterocycles. The monoisotopic (exact) mass is 1250 g/mol. The Balaban J connectivity index is 1.06. The third kappa shape index (κ3) is 8.48. The van der Waals surface area contributed by atoms with Crippen LogP contribution in [-0.2, 0) is 16.2 Å². The van der Waals surface area contributed by atoms with Crippen LogP contribution in [0.15, 0.2) is 382 Å². The standard InChI is InChI=1S/C93H63N5/c94-64-65-60-62-66(63-61-65)86-88(96-80-54-28-22-48-74(80)91(68-36-10-2-11-37-68,69-38-12-3-13-39-69)75-49-23-29-55-81(75)96)87(67-34-8-1-9-35-67)95-90(98-84-58-32-26-52-78(84)93(72-44-18-6-19-45-72,73-46-20-7-21-47-73)79-53-27-33-59-85(79)98)89(86)97-82-56-30-24-50-76(82)92(70-40-14-4-15-41-70,71-42-16-5-17-43-71)77-51-25-31-57-83(77)97/h1-63H. The smallest absolute Gasteiger partial charge is 0.163 e. The van der Waals surface area contributed by atoms with Crippen molar-refractivity contribution in [3.8, 4) is 28.5 Å². The second-order valence-corrected chi connectivity index (χ2v) is 25.5. The topological polar surface area (TPSA) is 46.4 Å². The van der Waals surface area contributed by atoms with Crippen molar-refractivity contribution in [2.75, 3.05) is 14.7 Å². The average Bonchev–Trinajstić information content (AvgIpc) is 0.689. The number of benzene rings is 14. The summed E-state index contributed by atoms with van der Waals surface area (Å²) in [5, 5.41) is 10.8. The van der Waals surface area contributed by atoms with E-state index in [0.29, 0.717) is 11.4 Å². The molecule has 14 aromatic carbocycles. The fraction of sp³-hybridized carbons (Fsp3) is 0.0323. The zero-order chi connectivity index (χ0) is 65.2. The van der Waals surface area contributed by atoms with Gasteiger partial charge in [0.25, 0.3) is 0 Å². The first-order chi connectivity index (χ1) is 48.6. The Labute approximate surface area is 572 Å². The van der Waals surface area contributed by atoms with Crippen molar-refractivity contribution >= 4 is 51.3 Å². The molecule has 1 aromatic heterocycles. The lowest BCUT2D eigenvalue weighted by Gasteiger charge is -2.50. The molecule has 18 rings (SSSR count). The van der Waals surface area contributed by atoms with Gasteiger partial charge in [-0.15, -0.1) is 0 Å². The summed E-state index contributed by atoms with van der Waals surface area (Å²) in [7, 11) is 0. The van der Waals surface area contributed by atoms with E-state index < -0.39 is 16.2 Å². The molecule has 5 nitrogen and oxygen atoms in total. The summed E-state index contributed by atoms with van der Waals surface area (Å²) in [4.78, 5) is 14.2. The first-order valence-corrected chi connectivity index (χ1v) is 33.6. The Morgan fingerprint density at radius 1 is 0.235 bits per heavy atom.